The molecule has 2 aromatic carbocycles. The molecule has 0 saturated carbocycles. The van der Waals surface area contributed by atoms with Gasteiger partial charge in [0.05, 0.1) is 11.5 Å². The summed E-state index contributed by atoms with van der Waals surface area (Å²) < 4.78 is 5.71. The normalized spacial score (nSPS) is 17.1. The van der Waals surface area contributed by atoms with Gasteiger partial charge in [0.2, 0.25) is 0 Å². The average Bonchev–Trinajstić information content (AvgIpc) is 2.65. The van der Waals surface area contributed by atoms with Gasteiger partial charge in [-0.15, -0.1) is 0 Å². The van der Waals surface area contributed by atoms with Gasteiger partial charge >= 0.3 is 0 Å². The van der Waals surface area contributed by atoms with Crippen LogP contribution in [0.2, 0.25) is 0 Å². The Morgan fingerprint density at radius 2 is 1.71 bits per heavy atom. The molecule has 3 rings (SSSR count). The fourth-order valence-electron chi connectivity index (χ4n) is 3.22. The van der Waals surface area contributed by atoms with Gasteiger partial charge in [0.1, 0.15) is 18.1 Å². The summed E-state index contributed by atoms with van der Waals surface area (Å²) in [5, 5.41) is 19.0. The summed E-state index contributed by atoms with van der Waals surface area (Å²) in [5.41, 5.74) is 0.780. The smallest absolute Gasteiger partial charge is 0.119 e. The number of ether oxygens (including phenoxy) is 1. The molecule has 1 fully saturated rings. The molecule has 0 bridgehead atoms. The van der Waals surface area contributed by atoms with E-state index in [1.807, 2.05) is 18.2 Å². The fraction of sp³-hybridized carbons (Fsp3) is 0.350. The first kappa shape index (κ1) is 16.4. The minimum absolute atomic E-state index is 0.243. The summed E-state index contributed by atoms with van der Waals surface area (Å²) in [5.74, 6) is 1.01. The lowest BCUT2D eigenvalue weighted by atomic mass is 9.74. The van der Waals surface area contributed by atoms with Crippen molar-refractivity contribution in [3.63, 3.8) is 0 Å². The summed E-state index contributed by atoms with van der Waals surface area (Å²) in [6.45, 7) is 3.26. The lowest BCUT2D eigenvalue weighted by Crippen LogP contribution is -2.43. The van der Waals surface area contributed by atoms with E-state index < -0.39 is 0 Å². The number of nitrogens with zero attached hydrogens (tertiary/aromatic N) is 2. The number of aromatic hydroxyl groups is 1. The van der Waals surface area contributed by atoms with E-state index in [1.165, 1.54) is 0 Å². The van der Waals surface area contributed by atoms with E-state index >= 15 is 0 Å². The van der Waals surface area contributed by atoms with E-state index in [-0.39, 0.29) is 11.2 Å². The number of rotatable bonds is 5. The third-order valence-corrected chi connectivity index (χ3v) is 4.76. The molecule has 0 radical (unpaired) electrons. The van der Waals surface area contributed by atoms with Crippen molar-refractivity contribution in [2.24, 2.45) is 0 Å². The van der Waals surface area contributed by atoms with Gasteiger partial charge < -0.3 is 9.84 Å². The predicted molar refractivity (Wildman–Crippen MR) is 93.0 cm³/mol. The van der Waals surface area contributed by atoms with Crippen molar-refractivity contribution in [3.8, 4) is 17.6 Å². The third kappa shape index (κ3) is 3.69. The Balaban J connectivity index is 1.50. The zero-order chi connectivity index (χ0) is 16.8. The van der Waals surface area contributed by atoms with Crippen LogP contribution in [0, 0.1) is 11.3 Å². The Labute approximate surface area is 142 Å². The standard InChI is InChI=1S/C20H22N2O2/c21-16-20(17-4-2-1-3-5-17)10-12-22(13-11-20)14-15-24-19-8-6-18(23)7-9-19/h1-9,23H,10-15H2. The van der Waals surface area contributed by atoms with E-state index in [9.17, 15) is 10.4 Å². The SMILES string of the molecule is N#CC1(c2ccccc2)CCN(CCOc2ccc(O)cc2)CC1. The van der Waals surface area contributed by atoms with Crippen LogP contribution in [0.1, 0.15) is 18.4 Å². The van der Waals surface area contributed by atoms with E-state index in [0.717, 1.165) is 43.8 Å². The zero-order valence-corrected chi connectivity index (χ0v) is 13.7. The first-order valence-electron chi connectivity index (χ1n) is 8.33. The molecule has 1 saturated heterocycles. The van der Waals surface area contributed by atoms with E-state index in [2.05, 4.69) is 23.1 Å². The summed E-state index contributed by atoms with van der Waals surface area (Å²) in [6, 6.07) is 19.5. The molecule has 0 aromatic heterocycles. The fourth-order valence-corrected chi connectivity index (χ4v) is 3.22. The van der Waals surface area contributed by atoms with Crippen LogP contribution >= 0.6 is 0 Å². The Kier molecular flexibility index (Phi) is 5.02. The van der Waals surface area contributed by atoms with Crippen LogP contribution in [0.25, 0.3) is 0 Å². The quantitative estimate of drug-likeness (QED) is 0.917. The molecular weight excluding hydrogens is 300 g/mol. The van der Waals surface area contributed by atoms with Crippen LogP contribution < -0.4 is 4.74 Å². The molecule has 1 N–H and O–H groups in total. The number of hydrogen-bond donors (Lipinski definition) is 1. The van der Waals surface area contributed by atoms with Gasteiger partial charge in [-0.25, -0.2) is 0 Å². The number of nitriles is 1. The van der Waals surface area contributed by atoms with E-state index in [1.54, 1.807) is 24.3 Å². The molecule has 2 aromatic rings. The highest BCUT2D eigenvalue weighted by Crippen LogP contribution is 2.34. The van der Waals surface area contributed by atoms with Crippen LogP contribution in [0.5, 0.6) is 11.5 Å². The maximum absolute atomic E-state index is 9.71. The largest absolute Gasteiger partial charge is 0.508 e. The lowest BCUT2D eigenvalue weighted by molar-refractivity contribution is 0.156. The highest BCUT2D eigenvalue weighted by molar-refractivity contribution is 5.33. The summed E-state index contributed by atoms with van der Waals surface area (Å²) in [4.78, 5) is 2.35. The van der Waals surface area contributed by atoms with Crippen LogP contribution in [0.4, 0.5) is 0 Å². The minimum Gasteiger partial charge on any atom is -0.508 e. The van der Waals surface area contributed by atoms with Crippen molar-refractivity contribution in [3.05, 3.63) is 60.2 Å². The second-order valence-electron chi connectivity index (χ2n) is 6.24. The molecule has 0 unspecified atom stereocenters. The number of phenols is 1. The minimum atomic E-state index is -0.352. The highest BCUT2D eigenvalue weighted by atomic mass is 16.5. The summed E-state index contributed by atoms with van der Waals surface area (Å²) >= 11 is 0. The highest BCUT2D eigenvalue weighted by Gasteiger charge is 2.36. The zero-order valence-electron chi connectivity index (χ0n) is 13.7. The topological polar surface area (TPSA) is 56.5 Å². The lowest BCUT2D eigenvalue weighted by Gasteiger charge is -2.37. The molecular formula is C20H22N2O2. The third-order valence-electron chi connectivity index (χ3n) is 4.76. The monoisotopic (exact) mass is 322 g/mol. The summed E-state index contributed by atoms with van der Waals surface area (Å²) in [6.07, 6.45) is 1.71. The molecule has 1 aliphatic rings. The Bertz CT molecular complexity index is 684. The predicted octanol–water partition coefficient (Wildman–Crippen LogP) is 3.33. The first-order chi connectivity index (χ1) is 11.7. The van der Waals surface area contributed by atoms with Crippen LogP contribution in [-0.2, 0) is 5.41 Å². The Morgan fingerprint density at radius 1 is 1.04 bits per heavy atom. The van der Waals surface area contributed by atoms with Gasteiger partial charge in [0.15, 0.2) is 0 Å². The van der Waals surface area contributed by atoms with Gasteiger partial charge in [-0.2, -0.15) is 5.26 Å². The summed E-state index contributed by atoms with van der Waals surface area (Å²) in [7, 11) is 0. The Morgan fingerprint density at radius 3 is 2.33 bits per heavy atom. The first-order valence-corrected chi connectivity index (χ1v) is 8.33. The second-order valence-corrected chi connectivity index (χ2v) is 6.24. The van der Waals surface area contributed by atoms with Crippen LogP contribution in [0.15, 0.2) is 54.6 Å². The molecule has 0 atom stereocenters. The van der Waals surface area contributed by atoms with Crippen molar-refractivity contribution >= 4 is 0 Å². The van der Waals surface area contributed by atoms with Crippen molar-refractivity contribution in [2.75, 3.05) is 26.2 Å². The number of benzene rings is 2. The van der Waals surface area contributed by atoms with Gasteiger partial charge in [0.25, 0.3) is 0 Å². The number of piperidine rings is 1. The number of hydrogen-bond acceptors (Lipinski definition) is 4. The molecule has 0 spiro atoms. The van der Waals surface area contributed by atoms with Gasteiger partial charge in [0, 0.05) is 19.6 Å². The molecule has 4 heteroatoms. The van der Waals surface area contributed by atoms with Crippen molar-refractivity contribution in [2.45, 2.75) is 18.3 Å². The van der Waals surface area contributed by atoms with Gasteiger partial charge in [-0.1, -0.05) is 30.3 Å². The van der Waals surface area contributed by atoms with Gasteiger partial charge in [-0.05, 0) is 42.7 Å². The van der Waals surface area contributed by atoms with Crippen LogP contribution in [0.3, 0.4) is 0 Å². The molecule has 1 heterocycles. The van der Waals surface area contributed by atoms with E-state index in [4.69, 9.17) is 4.74 Å². The molecule has 124 valence electrons. The Hall–Kier alpha value is -2.51. The number of phenolic OH excluding ortho intramolecular Hbond substituents is 1. The van der Waals surface area contributed by atoms with Crippen molar-refractivity contribution in [1.82, 2.24) is 4.90 Å². The average molecular weight is 322 g/mol. The van der Waals surface area contributed by atoms with Crippen LogP contribution in [-0.4, -0.2) is 36.2 Å². The molecule has 24 heavy (non-hydrogen) atoms. The maximum atomic E-state index is 9.71. The second kappa shape index (κ2) is 7.37. The van der Waals surface area contributed by atoms with Gasteiger partial charge in [-0.3, -0.25) is 4.90 Å². The van der Waals surface area contributed by atoms with E-state index in [0.29, 0.717) is 6.61 Å². The van der Waals surface area contributed by atoms with Crippen molar-refractivity contribution < 1.29 is 9.84 Å². The maximum Gasteiger partial charge on any atom is 0.119 e. The number of likely N-dealkylation sites (tertiary alicyclic amines) is 1. The molecule has 4 nitrogen and oxygen atoms in total. The van der Waals surface area contributed by atoms with Crippen molar-refractivity contribution in [1.29, 1.82) is 5.26 Å². The molecule has 1 aliphatic heterocycles. The molecule has 0 amide bonds. The molecule has 0 aliphatic carbocycles.